The van der Waals surface area contributed by atoms with Gasteiger partial charge in [-0.15, -0.1) is 0 Å². The van der Waals surface area contributed by atoms with Crippen LogP contribution in [0.3, 0.4) is 0 Å². The third-order valence-corrected chi connectivity index (χ3v) is 4.94. The van der Waals surface area contributed by atoms with Crippen LogP contribution < -0.4 is 5.32 Å². The maximum absolute atomic E-state index is 11.9. The molecule has 19 heavy (non-hydrogen) atoms. The van der Waals surface area contributed by atoms with E-state index in [2.05, 4.69) is 5.32 Å². The van der Waals surface area contributed by atoms with Gasteiger partial charge in [0.1, 0.15) is 0 Å². The number of amides is 1. The molecule has 108 valence electrons. The minimum atomic E-state index is -3.12. The van der Waals surface area contributed by atoms with Crippen molar-refractivity contribution in [3.63, 3.8) is 0 Å². The molecule has 0 aromatic carbocycles. The van der Waals surface area contributed by atoms with Crippen LogP contribution in [-0.2, 0) is 19.4 Å². The van der Waals surface area contributed by atoms with Gasteiger partial charge in [-0.3, -0.25) is 9.59 Å². The fraction of sp³-hybridized carbons (Fsp3) is 0.667. The smallest absolute Gasteiger partial charge is 0.307 e. The Kier molecular flexibility index (Phi) is 5.53. The van der Waals surface area contributed by atoms with Crippen LogP contribution in [0.15, 0.2) is 12.2 Å². The van der Waals surface area contributed by atoms with E-state index in [-0.39, 0.29) is 24.0 Å². The predicted octanol–water partition coefficient (Wildman–Crippen LogP) is 0.204. The SMILES string of the molecule is CCS(=O)(=O)CCNC(=O)C1CC=CCC1C(=O)O. The van der Waals surface area contributed by atoms with Crippen molar-refractivity contribution in [1.29, 1.82) is 0 Å². The van der Waals surface area contributed by atoms with E-state index < -0.39 is 27.6 Å². The van der Waals surface area contributed by atoms with Gasteiger partial charge in [0.05, 0.1) is 17.6 Å². The second-order valence-electron chi connectivity index (χ2n) is 4.52. The van der Waals surface area contributed by atoms with Crippen LogP contribution in [0.2, 0.25) is 0 Å². The van der Waals surface area contributed by atoms with Gasteiger partial charge in [0.2, 0.25) is 5.91 Å². The molecular formula is C12H19NO5S. The summed E-state index contributed by atoms with van der Waals surface area (Å²) in [5, 5.41) is 11.6. The average molecular weight is 289 g/mol. The Morgan fingerprint density at radius 3 is 2.37 bits per heavy atom. The molecule has 1 amide bonds. The molecule has 1 rings (SSSR count). The van der Waals surface area contributed by atoms with Crippen LogP contribution in [0.1, 0.15) is 19.8 Å². The lowest BCUT2D eigenvalue weighted by atomic mass is 9.82. The maximum Gasteiger partial charge on any atom is 0.307 e. The zero-order chi connectivity index (χ0) is 14.5. The van der Waals surface area contributed by atoms with Crippen molar-refractivity contribution in [2.45, 2.75) is 19.8 Å². The molecule has 0 aromatic rings. The highest BCUT2D eigenvalue weighted by atomic mass is 32.2. The highest BCUT2D eigenvalue weighted by Crippen LogP contribution is 2.25. The molecule has 0 radical (unpaired) electrons. The number of nitrogens with one attached hydrogen (secondary N) is 1. The lowest BCUT2D eigenvalue weighted by Crippen LogP contribution is -2.40. The Bertz CT molecular complexity index is 469. The monoisotopic (exact) mass is 289 g/mol. The zero-order valence-electron chi connectivity index (χ0n) is 10.8. The van der Waals surface area contributed by atoms with Gasteiger partial charge < -0.3 is 10.4 Å². The number of carboxylic acids is 1. The van der Waals surface area contributed by atoms with Crippen LogP contribution in [0.25, 0.3) is 0 Å². The van der Waals surface area contributed by atoms with Gasteiger partial charge in [-0.05, 0) is 12.8 Å². The molecule has 6 nitrogen and oxygen atoms in total. The van der Waals surface area contributed by atoms with E-state index in [0.29, 0.717) is 12.8 Å². The number of aliphatic carboxylic acids is 1. The molecule has 0 fully saturated rings. The number of hydrogen-bond donors (Lipinski definition) is 2. The molecule has 0 aromatic heterocycles. The lowest BCUT2D eigenvalue weighted by molar-refractivity contribution is -0.147. The molecule has 1 aliphatic rings. The number of carbonyl (C=O) groups excluding carboxylic acids is 1. The summed E-state index contributed by atoms with van der Waals surface area (Å²) in [6.45, 7) is 1.57. The molecule has 7 heteroatoms. The summed E-state index contributed by atoms with van der Waals surface area (Å²) in [7, 11) is -3.12. The first-order chi connectivity index (χ1) is 8.87. The summed E-state index contributed by atoms with van der Waals surface area (Å²) in [5.74, 6) is -2.81. The summed E-state index contributed by atoms with van der Waals surface area (Å²) >= 11 is 0. The molecule has 0 aliphatic heterocycles. The molecule has 0 heterocycles. The highest BCUT2D eigenvalue weighted by Gasteiger charge is 2.33. The maximum atomic E-state index is 11.9. The van der Waals surface area contributed by atoms with Crippen LogP contribution >= 0.6 is 0 Å². The summed E-state index contributed by atoms with van der Waals surface area (Å²) in [4.78, 5) is 22.9. The van der Waals surface area contributed by atoms with Gasteiger partial charge in [0.15, 0.2) is 9.84 Å². The largest absolute Gasteiger partial charge is 0.481 e. The summed E-state index contributed by atoms with van der Waals surface area (Å²) < 4.78 is 22.5. The molecule has 0 saturated heterocycles. The van der Waals surface area contributed by atoms with E-state index in [9.17, 15) is 18.0 Å². The van der Waals surface area contributed by atoms with Crippen molar-refractivity contribution < 1.29 is 23.1 Å². The first kappa shape index (κ1) is 15.7. The minimum absolute atomic E-state index is 0.0293. The van der Waals surface area contributed by atoms with E-state index in [1.54, 1.807) is 19.1 Å². The Morgan fingerprint density at radius 2 is 1.84 bits per heavy atom. The number of rotatable bonds is 6. The Balaban J connectivity index is 2.53. The molecule has 0 bridgehead atoms. The predicted molar refractivity (Wildman–Crippen MR) is 70.3 cm³/mol. The van der Waals surface area contributed by atoms with Gasteiger partial charge in [-0.2, -0.15) is 0 Å². The van der Waals surface area contributed by atoms with Crippen molar-refractivity contribution in [2.24, 2.45) is 11.8 Å². The number of sulfone groups is 1. The number of carbonyl (C=O) groups is 2. The van der Waals surface area contributed by atoms with Gasteiger partial charge in [0.25, 0.3) is 0 Å². The Morgan fingerprint density at radius 1 is 1.26 bits per heavy atom. The molecular weight excluding hydrogens is 270 g/mol. The molecule has 1 aliphatic carbocycles. The second-order valence-corrected chi connectivity index (χ2v) is 6.99. The summed E-state index contributed by atoms with van der Waals surface area (Å²) in [6.07, 6.45) is 4.25. The fourth-order valence-corrected chi connectivity index (χ4v) is 2.68. The van der Waals surface area contributed by atoms with E-state index in [1.165, 1.54) is 0 Å². The first-order valence-corrected chi connectivity index (χ1v) is 8.05. The van der Waals surface area contributed by atoms with E-state index in [4.69, 9.17) is 5.11 Å². The van der Waals surface area contributed by atoms with Crippen molar-refractivity contribution in [1.82, 2.24) is 5.32 Å². The Hall–Kier alpha value is -1.37. The average Bonchev–Trinajstić information content (AvgIpc) is 2.38. The van der Waals surface area contributed by atoms with Crippen LogP contribution in [0, 0.1) is 11.8 Å². The van der Waals surface area contributed by atoms with Gasteiger partial charge >= 0.3 is 5.97 Å². The van der Waals surface area contributed by atoms with E-state index in [1.807, 2.05) is 0 Å². The lowest BCUT2D eigenvalue weighted by Gasteiger charge is -2.24. The van der Waals surface area contributed by atoms with E-state index >= 15 is 0 Å². The molecule has 0 spiro atoms. The van der Waals surface area contributed by atoms with Crippen molar-refractivity contribution in [3.8, 4) is 0 Å². The third-order valence-electron chi connectivity index (χ3n) is 3.24. The topological polar surface area (TPSA) is 101 Å². The van der Waals surface area contributed by atoms with Gasteiger partial charge in [-0.25, -0.2) is 8.42 Å². The van der Waals surface area contributed by atoms with Crippen molar-refractivity contribution in [3.05, 3.63) is 12.2 Å². The van der Waals surface area contributed by atoms with Crippen LogP contribution in [0.5, 0.6) is 0 Å². The Labute approximate surface area is 112 Å². The third kappa shape index (κ3) is 4.66. The quantitative estimate of drug-likeness (QED) is 0.680. The second kappa shape index (κ2) is 6.70. The van der Waals surface area contributed by atoms with Crippen molar-refractivity contribution in [2.75, 3.05) is 18.1 Å². The van der Waals surface area contributed by atoms with Crippen LogP contribution in [-0.4, -0.2) is 43.5 Å². The summed E-state index contributed by atoms with van der Waals surface area (Å²) in [6, 6.07) is 0. The zero-order valence-corrected chi connectivity index (χ0v) is 11.6. The molecule has 0 saturated carbocycles. The van der Waals surface area contributed by atoms with Gasteiger partial charge in [0, 0.05) is 12.3 Å². The van der Waals surface area contributed by atoms with Crippen molar-refractivity contribution >= 4 is 21.7 Å². The van der Waals surface area contributed by atoms with Crippen LogP contribution in [0.4, 0.5) is 0 Å². The fourth-order valence-electron chi connectivity index (χ4n) is 1.98. The van der Waals surface area contributed by atoms with Gasteiger partial charge in [-0.1, -0.05) is 19.1 Å². The molecule has 2 atom stereocenters. The number of hydrogen-bond acceptors (Lipinski definition) is 4. The number of allylic oxidation sites excluding steroid dienone is 2. The number of carboxylic acid groups (broad SMARTS) is 1. The molecule has 2 N–H and O–H groups in total. The molecule has 2 unspecified atom stereocenters. The highest BCUT2D eigenvalue weighted by molar-refractivity contribution is 7.91. The summed E-state index contributed by atoms with van der Waals surface area (Å²) in [5.41, 5.74) is 0. The van der Waals surface area contributed by atoms with E-state index in [0.717, 1.165) is 0 Å². The normalized spacial score (nSPS) is 23.0. The first-order valence-electron chi connectivity index (χ1n) is 6.23. The minimum Gasteiger partial charge on any atom is -0.481 e. The standard InChI is InChI=1S/C12H19NO5S/c1-2-19(17,18)8-7-13-11(14)9-5-3-4-6-10(9)12(15)16/h3-4,9-10H,2,5-8H2,1H3,(H,13,14)(H,15,16).